The Morgan fingerprint density at radius 2 is 1.78 bits per heavy atom. The number of benzene rings is 2. The van der Waals surface area contributed by atoms with Gasteiger partial charge in [0.1, 0.15) is 12.9 Å². The third-order valence-corrected chi connectivity index (χ3v) is 8.14. The average molecular weight is 617 g/mol. The number of carbonyl (C=O) groups is 1. The third kappa shape index (κ3) is 7.84. The molecule has 4 aromatic rings. The second-order valence-corrected chi connectivity index (χ2v) is 11.4. The van der Waals surface area contributed by atoms with E-state index in [1.807, 2.05) is 52.4 Å². The van der Waals surface area contributed by atoms with Crippen molar-refractivity contribution in [3.05, 3.63) is 87.1 Å². The molecule has 2 aromatic heterocycles. The van der Waals surface area contributed by atoms with Crippen molar-refractivity contribution in [2.24, 2.45) is 11.1 Å². The van der Waals surface area contributed by atoms with Crippen LogP contribution in [0, 0.1) is 12.8 Å². The van der Waals surface area contributed by atoms with Crippen LogP contribution in [0.5, 0.6) is 0 Å². The fourth-order valence-electron chi connectivity index (χ4n) is 5.98. The van der Waals surface area contributed by atoms with E-state index < -0.39 is 0 Å². The van der Waals surface area contributed by atoms with Crippen LogP contribution in [0.25, 0.3) is 16.9 Å². The number of amides is 1. The monoisotopic (exact) mass is 616 g/mol. The second-order valence-electron chi connectivity index (χ2n) is 11.4. The van der Waals surface area contributed by atoms with Gasteiger partial charge < -0.3 is 20.4 Å². The number of aliphatic hydroxyl groups is 2. The first-order valence-corrected chi connectivity index (χ1v) is 15.6. The zero-order valence-electron chi connectivity index (χ0n) is 26.6. The van der Waals surface area contributed by atoms with Crippen molar-refractivity contribution in [1.29, 1.82) is 0 Å². The number of aromatic nitrogens is 4. The normalized spacial score (nSPS) is 16.6. The van der Waals surface area contributed by atoms with Gasteiger partial charge in [-0.2, -0.15) is 10.1 Å². The van der Waals surface area contributed by atoms with E-state index in [0.29, 0.717) is 36.2 Å². The van der Waals surface area contributed by atoms with Crippen molar-refractivity contribution in [1.82, 2.24) is 24.5 Å². The number of rotatable bonds is 10. The zero-order chi connectivity index (χ0) is 32.3. The first kappa shape index (κ1) is 33.5. The van der Waals surface area contributed by atoms with E-state index in [1.54, 1.807) is 0 Å². The number of hydrogen-bond acceptors (Lipinski definition) is 8. The Morgan fingerprint density at radius 3 is 2.40 bits per heavy atom. The van der Waals surface area contributed by atoms with Gasteiger partial charge >= 0.3 is 0 Å². The molecule has 11 nitrogen and oxygen atoms in total. The molecule has 0 aliphatic heterocycles. The van der Waals surface area contributed by atoms with Gasteiger partial charge in [0.15, 0.2) is 5.84 Å². The maximum Gasteiger partial charge on any atom is 0.259 e. The lowest BCUT2D eigenvalue weighted by molar-refractivity contribution is -0.108. The predicted octanol–water partition coefficient (Wildman–Crippen LogP) is 4.19. The maximum absolute atomic E-state index is 14.2. The van der Waals surface area contributed by atoms with Crippen LogP contribution in [0.4, 0.5) is 0 Å². The number of fused-ring (bicyclic) bond motifs is 1. The van der Waals surface area contributed by atoms with Crippen LogP contribution >= 0.6 is 0 Å². The van der Waals surface area contributed by atoms with Crippen LogP contribution in [-0.2, 0) is 22.5 Å². The molecule has 0 saturated heterocycles. The Hall–Kier alpha value is -4.35. The number of carbonyl (C=O) groups excluding carboxylic acids is 1. The number of aryl methyl sites for hydroxylation is 2. The van der Waals surface area contributed by atoms with Gasteiger partial charge in [-0.05, 0) is 61.6 Å². The number of oxime groups is 1. The highest BCUT2D eigenvalue weighted by Gasteiger charge is 2.27. The van der Waals surface area contributed by atoms with Gasteiger partial charge in [0.2, 0.25) is 12.2 Å². The van der Waals surface area contributed by atoms with E-state index in [-0.39, 0.29) is 24.8 Å². The quantitative estimate of drug-likeness (QED) is 0.105. The summed E-state index contributed by atoms with van der Waals surface area (Å²) in [7, 11) is 1.44. The summed E-state index contributed by atoms with van der Waals surface area (Å²) in [6, 6.07) is 16.0. The molecule has 1 aliphatic rings. The van der Waals surface area contributed by atoms with E-state index in [0.717, 1.165) is 72.0 Å². The van der Waals surface area contributed by atoms with Crippen LogP contribution in [0.3, 0.4) is 0 Å². The fraction of sp³-hybridized carbons (Fsp3) is 0.441. The largest absolute Gasteiger partial charge is 0.397 e. The van der Waals surface area contributed by atoms with E-state index in [1.165, 1.54) is 7.11 Å². The molecule has 1 aliphatic carbocycles. The molecule has 0 atom stereocenters. The average Bonchev–Trinajstić information content (AvgIpc) is 3.44. The molecule has 5 rings (SSSR count). The fourth-order valence-corrected chi connectivity index (χ4v) is 5.98. The number of amidine groups is 1. The van der Waals surface area contributed by atoms with Crippen molar-refractivity contribution in [2.75, 3.05) is 20.3 Å². The lowest BCUT2D eigenvalue weighted by Gasteiger charge is -2.29. The first-order valence-electron chi connectivity index (χ1n) is 15.6. The van der Waals surface area contributed by atoms with Crippen molar-refractivity contribution >= 4 is 18.0 Å². The second kappa shape index (κ2) is 16.1. The summed E-state index contributed by atoms with van der Waals surface area (Å²) in [4.78, 5) is 35.1. The number of hydrogen-bond donors (Lipinski definition) is 3. The van der Waals surface area contributed by atoms with Crippen LogP contribution in [0.2, 0.25) is 0 Å². The van der Waals surface area contributed by atoms with Crippen LogP contribution in [0.15, 0.2) is 58.5 Å². The molecule has 0 spiro atoms. The summed E-state index contributed by atoms with van der Waals surface area (Å²) < 4.78 is 3.86. The van der Waals surface area contributed by atoms with Gasteiger partial charge in [-0.3, -0.25) is 14.2 Å². The van der Waals surface area contributed by atoms with Crippen molar-refractivity contribution in [3.8, 4) is 11.1 Å². The first-order chi connectivity index (χ1) is 21.9. The molecule has 2 aromatic carbocycles. The Morgan fingerprint density at radius 1 is 1.09 bits per heavy atom. The summed E-state index contributed by atoms with van der Waals surface area (Å²) >= 11 is 0. The molecule has 3 N–H and O–H groups in total. The molecule has 240 valence electrons. The van der Waals surface area contributed by atoms with Crippen LogP contribution in [0.1, 0.15) is 80.2 Å². The van der Waals surface area contributed by atoms with E-state index in [2.05, 4.69) is 36.5 Å². The van der Waals surface area contributed by atoms with E-state index >= 15 is 0 Å². The van der Waals surface area contributed by atoms with Crippen molar-refractivity contribution in [3.63, 3.8) is 0 Å². The minimum absolute atomic E-state index is 0.0580. The highest BCUT2D eigenvalue weighted by Crippen LogP contribution is 2.32. The smallest absolute Gasteiger partial charge is 0.259 e. The molecule has 0 unspecified atom stereocenters. The maximum atomic E-state index is 14.2. The minimum Gasteiger partial charge on any atom is -0.397 e. The number of nitrogens with one attached hydrogen (secondary N) is 1. The number of nitrogens with zero attached hydrogens (tertiary/aromatic N) is 5. The van der Waals surface area contributed by atoms with Crippen LogP contribution in [-0.4, -0.2) is 61.9 Å². The van der Waals surface area contributed by atoms with Gasteiger partial charge in [-0.25, -0.2) is 4.52 Å². The zero-order valence-corrected chi connectivity index (χ0v) is 26.6. The van der Waals surface area contributed by atoms with E-state index in [9.17, 15) is 9.59 Å². The molecule has 11 heteroatoms. The highest BCUT2D eigenvalue weighted by molar-refractivity contribution is 6.08. The predicted molar refractivity (Wildman–Crippen MR) is 174 cm³/mol. The SMILES string of the molecule is CCCc1c(Cc2ccc(-c3ccccc3/C(=N/OC)NC=O)cc2)c(=O)n(C2CCC(C)CC2)c2nc(C)nn12.OCCO. The molecule has 0 radical (unpaired) electrons. The molecule has 0 bridgehead atoms. The van der Waals surface area contributed by atoms with E-state index in [4.69, 9.17) is 25.1 Å². The lowest BCUT2D eigenvalue weighted by atomic mass is 9.87. The Balaban J connectivity index is 0.00000109. The minimum atomic E-state index is -0.125. The molecule has 1 fully saturated rings. The third-order valence-electron chi connectivity index (χ3n) is 8.14. The van der Waals surface area contributed by atoms with Gasteiger partial charge in [-0.1, -0.05) is 74.0 Å². The standard InChI is InChI=1S/C32H38N6O3.C2H6O2/c1-5-8-29-28(31(40)37(25-17-11-21(2)12-18-25)32-34-22(3)35-38(29)32)19-23-13-15-24(16-14-23)26-9-6-7-10-27(26)30(33-20-39)36-41-4;3-1-2-4/h6-7,9-10,13-16,20-21,25H,5,8,11-12,17-19H2,1-4H3,(H,33,36,39);3-4H,1-2H2. The lowest BCUT2D eigenvalue weighted by Crippen LogP contribution is -2.34. The van der Waals surface area contributed by atoms with Gasteiger partial charge in [0.25, 0.3) is 5.56 Å². The Bertz CT molecular complexity index is 1650. The summed E-state index contributed by atoms with van der Waals surface area (Å²) in [5.74, 6) is 2.37. The van der Waals surface area contributed by atoms with Crippen molar-refractivity contribution in [2.45, 2.75) is 71.8 Å². The molecule has 1 amide bonds. The molecule has 1 saturated carbocycles. The summed E-state index contributed by atoms with van der Waals surface area (Å²) in [5, 5.41) is 26.6. The van der Waals surface area contributed by atoms with Gasteiger partial charge in [0.05, 0.1) is 18.9 Å². The summed E-state index contributed by atoms with van der Waals surface area (Å²) in [5.41, 5.74) is 5.45. The van der Waals surface area contributed by atoms with Crippen molar-refractivity contribution < 1.29 is 19.8 Å². The molecule has 45 heavy (non-hydrogen) atoms. The Kier molecular flexibility index (Phi) is 12.0. The molecular weight excluding hydrogens is 572 g/mol. The molecule has 2 heterocycles. The summed E-state index contributed by atoms with van der Waals surface area (Å²) in [6.45, 7) is 6.06. The topological polar surface area (TPSA) is 143 Å². The molecular formula is C34H44N6O5. The van der Waals surface area contributed by atoms with Gasteiger partial charge in [-0.15, -0.1) is 0 Å². The highest BCUT2D eigenvalue weighted by atomic mass is 16.6. The van der Waals surface area contributed by atoms with Gasteiger partial charge in [0, 0.05) is 23.6 Å². The summed E-state index contributed by atoms with van der Waals surface area (Å²) in [6.07, 6.45) is 6.95. The Labute approximate surface area is 263 Å². The van der Waals surface area contributed by atoms with Crippen LogP contribution < -0.4 is 10.9 Å². The number of aliphatic hydroxyl groups excluding tert-OH is 2.